The van der Waals surface area contributed by atoms with E-state index in [1.807, 2.05) is 29.0 Å². The van der Waals surface area contributed by atoms with Crippen molar-refractivity contribution >= 4 is 39.0 Å². The topological polar surface area (TPSA) is 120 Å². The lowest BCUT2D eigenvalue weighted by atomic mass is 10.2. The Morgan fingerprint density at radius 1 is 1.25 bits per heavy atom. The molecule has 0 saturated carbocycles. The summed E-state index contributed by atoms with van der Waals surface area (Å²) in [4.78, 5) is 13.2. The summed E-state index contributed by atoms with van der Waals surface area (Å²) >= 11 is 2.92. The summed E-state index contributed by atoms with van der Waals surface area (Å²) in [6, 6.07) is 10.0. The minimum atomic E-state index is -3.72. The van der Waals surface area contributed by atoms with Crippen molar-refractivity contribution in [2.45, 2.75) is 30.1 Å². The van der Waals surface area contributed by atoms with Crippen molar-refractivity contribution in [1.29, 1.82) is 0 Å². The van der Waals surface area contributed by atoms with Gasteiger partial charge in [-0.2, -0.15) is 0 Å². The molecule has 0 saturated heterocycles. The Morgan fingerprint density at radius 3 is 2.61 bits per heavy atom. The van der Waals surface area contributed by atoms with E-state index in [1.165, 1.54) is 23.9 Å². The lowest BCUT2D eigenvalue weighted by molar-refractivity contribution is -0.118. The van der Waals surface area contributed by atoms with E-state index in [1.54, 1.807) is 23.5 Å². The molecule has 11 heteroatoms. The van der Waals surface area contributed by atoms with Gasteiger partial charge in [0.25, 0.3) is 0 Å². The molecule has 3 aromatic rings. The average molecular weight is 438 g/mol. The van der Waals surface area contributed by atoms with Crippen LogP contribution in [0.15, 0.2) is 51.8 Å². The zero-order valence-corrected chi connectivity index (χ0v) is 17.5. The first-order valence-electron chi connectivity index (χ1n) is 8.37. The molecule has 2 heterocycles. The van der Waals surface area contributed by atoms with Gasteiger partial charge in [-0.25, -0.2) is 13.6 Å². The molecule has 2 aromatic heterocycles. The van der Waals surface area contributed by atoms with Crippen molar-refractivity contribution in [3.05, 3.63) is 47.3 Å². The van der Waals surface area contributed by atoms with Gasteiger partial charge in [-0.15, -0.1) is 21.5 Å². The largest absolute Gasteiger partial charge is 0.351 e. The zero-order valence-electron chi connectivity index (χ0n) is 15.0. The Hall–Kier alpha value is -2.21. The van der Waals surface area contributed by atoms with Crippen molar-refractivity contribution in [3.8, 4) is 10.7 Å². The SMILES string of the molecule is CCn1c(SCC(=O)NCc2ccc(S(N)(=O)=O)cc2)nnc1-c1cccs1. The number of amides is 1. The average Bonchev–Trinajstić information content (AvgIpc) is 3.33. The van der Waals surface area contributed by atoms with Crippen LogP contribution in [-0.4, -0.2) is 34.8 Å². The number of thiophene rings is 1. The number of carbonyl (C=O) groups excluding carboxylic acids is 1. The third kappa shape index (κ3) is 4.98. The van der Waals surface area contributed by atoms with Crippen LogP contribution in [0, 0.1) is 0 Å². The molecule has 0 aliphatic rings. The van der Waals surface area contributed by atoms with Gasteiger partial charge in [-0.1, -0.05) is 30.0 Å². The fourth-order valence-corrected chi connectivity index (χ4v) is 4.51. The molecular formula is C17H19N5O3S3. The van der Waals surface area contributed by atoms with Crippen LogP contribution in [0.5, 0.6) is 0 Å². The lowest BCUT2D eigenvalue weighted by Crippen LogP contribution is -2.24. The van der Waals surface area contributed by atoms with Gasteiger partial charge < -0.3 is 9.88 Å². The second-order valence-corrected chi connectivity index (χ2v) is 9.23. The number of sulfonamides is 1. The number of primary sulfonamides is 1. The van der Waals surface area contributed by atoms with Crippen molar-refractivity contribution in [2.24, 2.45) is 5.14 Å². The van der Waals surface area contributed by atoms with Crippen LogP contribution in [0.3, 0.4) is 0 Å². The van der Waals surface area contributed by atoms with E-state index in [4.69, 9.17) is 5.14 Å². The van der Waals surface area contributed by atoms with Crippen molar-refractivity contribution in [3.63, 3.8) is 0 Å². The predicted octanol–water partition coefficient (Wildman–Crippen LogP) is 2.08. The monoisotopic (exact) mass is 437 g/mol. The maximum Gasteiger partial charge on any atom is 0.238 e. The molecular weight excluding hydrogens is 418 g/mol. The molecule has 0 atom stereocenters. The second-order valence-electron chi connectivity index (χ2n) is 5.78. The summed E-state index contributed by atoms with van der Waals surface area (Å²) in [5.41, 5.74) is 0.780. The molecule has 148 valence electrons. The quantitative estimate of drug-likeness (QED) is 0.521. The molecule has 1 aromatic carbocycles. The Morgan fingerprint density at radius 2 is 2.00 bits per heavy atom. The summed E-state index contributed by atoms with van der Waals surface area (Å²) in [7, 11) is -3.72. The number of nitrogens with zero attached hydrogens (tertiary/aromatic N) is 3. The highest BCUT2D eigenvalue weighted by molar-refractivity contribution is 7.99. The van der Waals surface area contributed by atoms with Crippen LogP contribution in [0.2, 0.25) is 0 Å². The minimum absolute atomic E-state index is 0.0404. The molecule has 28 heavy (non-hydrogen) atoms. The van der Waals surface area contributed by atoms with Gasteiger partial charge in [0.1, 0.15) is 0 Å². The van der Waals surface area contributed by atoms with E-state index in [2.05, 4.69) is 15.5 Å². The highest BCUT2D eigenvalue weighted by atomic mass is 32.2. The molecule has 0 bridgehead atoms. The van der Waals surface area contributed by atoms with E-state index in [0.29, 0.717) is 18.2 Å². The molecule has 3 N–H and O–H groups in total. The Kier molecular flexibility index (Phi) is 6.50. The fourth-order valence-electron chi connectivity index (χ4n) is 2.45. The zero-order chi connectivity index (χ0) is 20.1. The highest BCUT2D eigenvalue weighted by Gasteiger charge is 2.15. The Balaban J connectivity index is 1.55. The molecule has 0 unspecified atom stereocenters. The first-order valence-corrected chi connectivity index (χ1v) is 11.8. The lowest BCUT2D eigenvalue weighted by Gasteiger charge is -2.07. The maximum absolute atomic E-state index is 12.1. The van der Waals surface area contributed by atoms with Gasteiger partial charge in [0.05, 0.1) is 15.5 Å². The van der Waals surface area contributed by atoms with Crippen LogP contribution in [0.25, 0.3) is 10.7 Å². The molecule has 0 aliphatic carbocycles. The highest BCUT2D eigenvalue weighted by Crippen LogP contribution is 2.27. The minimum Gasteiger partial charge on any atom is -0.351 e. The number of hydrogen-bond donors (Lipinski definition) is 2. The predicted molar refractivity (Wildman–Crippen MR) is 109 cm³/mol. The number of carbonyl (C=O) groups is 1. The summed E-state index contributed by atoms with van der Waals surface area (Å²) < 4.78 is 24.5. The summed E-state index contributed by atoms with van der Waals surface area (Å²) in [5, 5.41) is 19.0. The number of benzene rings is 1. The summed E-state index contributed by atoms with van der Waals surface area (Å²) in [5.74, 6) is 0.858. The van der Waals surface area contributed by atoms with Crippen molar-refractivity contribution in [1.82, 2.24) is 20.1 Å². The van der Waals surface area contributed by atoms with Crippen LogP contribution >= 0.6 is 23.1 Å². The van der Waals surface area contributed by atoms with Crippen LogP contribution < -0.4 is 10.5 Å². The van der Waals surface area contributed by atoms with Gasteiger partial charge >= 0.3 is 0 Å². The molecule has 3 rings (SSSR count). The van der Waals surface area contributed by atoms with Gasteiger partial charge in [0.2, 0.25) is 15.9 Å². The van der Waals surface area contributed by atoms with E-state index >= 15 is 0 Å². The number of thioether (sulfide) groups is 1. The smallest absolute Gasteiger partial charge is 0.238 e. The summed E-state index contributed by atoms with van der Waals surface area (Å²) in [6.45, 7) is 3.02. The Labute approximate surface area is 171 Å². The molecule has 0 fully saturated rings. The summed E-state index contributed by atoms with van der Waals surface area (Å²) in [6.07, 6.45) is 0. The molecule has 8 nitrogen and oxygen atoms in total. The number of hydrogen-bond acceptors (Lipinski definition) is 7. The van der Waals surface area contributed by atoms with Crippen LogP contribution in [-0.2, 0) is 27.9 Å². The standard InChI is InChI=1S/C17H19N5O3S3/c1-2-22-16(14-4-3-9-26-14)20-21-17(22)27-11-15(23)19-10-12-5-7-13(8-6-12)28(18,24)25/h3-9H,2,10-11H2,1H3,(H,19,23)(H2,18,24,25). The van der Waals surface area contributed by atoms with Crippen LogP contribution in [0.4, 0.5) is 0 Å². The normalized spacial score (nSPS) is 11.5. The number of rotatable bonds is 8. The number of nitrogens with two attached hydrogens (primary N) is 1. The van der Waals surface area contributed by atoms with E-state index in [9.17, 15) is 13.2 Å². The van der Waals surface area contributed by atoms with Gasteiger partial charge in [0.15, 0.2) is 11.0 Å². The van der Waals surface area contributed by atoms with Crippen LogP contribution in [0.1, 0.15) is 12.5 Å². The van der Waals surface area contributed by atoms with E-state index in [-0.39, 0.29) is 16.6 Å². The molecule has 0 aliphatic heterocycles. The van der Waals surface area contributed by atoms with Gasteiger partial charge in [-0.3, -0.25) is 4.79 Å². The molecule has 0 spiro atoms. The first-order chi connectivity index (χ1) is 13.4. The molecule has 1 amide bonds. The Bertz CT molecular complexity index is 1040. The third-order valence-electron chi connectivity index (χ3n) is 3.85. The van der Waals surface area contributed by atoms with Gasteiger partial charge in [0, 0.05) is 13.1 Å². The third-order valence-corrected chi connectivity index (χ3v) is 6.61. The fraction of sp³-hybridized carbons (Fsp3) is 0.235. The number of aromatic nitrogens is 3. The van der Waals surface area contributed by atoms with Gasteiger partial charge in [-0.05, 0) is 36.1 Å². The molecule has 0 radical (unpaired) electrons. The maximum atomic E-state index is 12.1. The number of nitrogens with one attached hydrogen (secondary N) is 1. The van der Waals surface area contributed by atoms with Crippen molar-refractivity contribution in [2.75, 3.05) is 5.75 Å². The van der Waals surface area contributed by atoms with Crippen molar-refractivity contribution < 1.29 is 13.2 Å². The van der Waals surface area contributed by atoms with E-state index in [0.717, 1.165) is 16.3 Å². The van der Waals surface area contributed by atoms with E-state index < -0.39 is 10.0 Å². The first kappa shape index (κ1) is 20.5. The second kappa shape index (κ2) is 8.86.